The Hall–Kier alpha value is -1.15. The Kier molecular flexibility index (Phi) is 8.37. The van der Waals surface area contributed by atoms with Gasteiger partial charge in [0.25, 0.3) is 0 Å². The first kappa shape index (κ1) is 28.4. The zero-order valence-corrected chi connectivity index (χ0v) is 25.4. The van der Waals surface area contributed by atoms with E-state index in [4.69, 9.17) is 9.05 Å². The van der Waals surface area contributed by atoms with Crippen molar-refractivity contribution in [2.24, 2.45) is 11.3 Å². The predicted octanol–water partition coefficient (Wildman–Crippen LogP) is 9.20. The molecule has 35 heavy (non-hydrogen) atoms. The predicted molar refractivity (Wildman–Crippen MR) is 152 cm³/mol. The van der Waals surface area contributed by atoms with Crippen LogP contribution in [0.3, 0.4) is 0 Å². The Morgan fingerprint density at radius 1 is 0.857 bits per heavy atom. The number of hydrogen-bond donors (Lipinski definition) is 0. The minimum Gasteiger partial charge on any atom is -0.435 e. The van der Waals surface area contributed by atoms with Crippen LogP contribution in [0.2, 0.25) is 0 Å². The maximum absolute atomic E-state index is 7.27. The number of nitrogens with zero attached hydrogens (tertiary/aromatic N) is 1. The molecule has 4 heteroatoms. The van der Waals surface area contributed by atoms with Gasteiger partial charge in [-0.15, -0.1) is 0 Å². The number of aryl methyl sites for hydroxylation is 2. The largest absolute Gasteiger partial charge is 0.435 e. The van der Waals surface area contributed by atoms with Gasteiger partial charge in [-0.2, -0.15) is 0 Å². The fourth-order valence-electron chi connectivity index (χ4n) is 5.86. The molecule has 1 aliphatic carbocycles. The molecule has 196 valence electrons. The molecule has 0 amide bonds. The molecule has 0 radical (unpaired) electrons. The van der Waals surface area contributed by atoms with Gasteiger partial charge in [0.1, 0.15) is 5.75 Å². The summed E-state index contributed by atoms with van der Waals surface area (Å²) >= 11 is 0. The first-order valence-electron chi connectivity index (χ1n) is 13.6. The topological polar surface area (TPSA) is 21.7 Å². The van der Waals surface area contributed by atoms with Gasteiger partial charge < -0.3 is 9.05 Å². The fourth-order valence-corrected chi connectivity index (χ4v) is 7.90. The minimum absolute atomic E-state index is 0.0106. The van der Waals surface area contributed by atoms with Crippen LogP contribution in [0.5, 0.6) is 5.75 Å². The molecule has 1 aliphatic heterocycles. The third-order valence-electron chi connectivity index (χ3n) is 7.34. The molecule has 0 aromatic heterocycles. The van der Waals surface area contributed by atoms with E-state index in [0.29, 0.717) is 5.92 Å². The third kappa shape index (κ3) is 5.89. The number of benzene rings is 1. The molecule has 1 aromatic carbocycles. The van der Waals surface area contributed by atoms with E-state index in [1.807, 2.05) is 0 Å². The molecule has 0 fully saturated rings. The highest BCUT2D eigenvalue weighted by atomic mass is 31.2. The standard InChI is InChI=1S/C31H50NO2P/c1-13-21-16-17-23(15-3)27-24(21)20-25-22(14-2)18-19-26(29(4,5)6)28(25)34-35(33-27)32(30(7,8)9)31(10,11)12/h16-19,26,28H,13-15,20H2,1-12H3. The lowest BCUT2D eigenvalue weighted by atomic mass is 9.70. The van der Waals surface area contributed by atoms with E-state index in [1.54, 1.807) is 0 Å². The second-order valence-corrected chi connectivity index (χ2v) is 14.5. The fraction of sp³-hybridized carbons (Fsp3) is 0.677. The van der Waals surface area contributed by atoms with Crippen LogP contribution in [0, 0.1) is 11.3 Å². The van der Waals surface area contributed by atoms with Gasteiger partial charge in [-0.3, -0.25) is 0 Å². The molecule has 0 spiro atoms. The zero-order valence-electron chi connectivity index (χ0n) is 24.5. The lowest BCUT2D eigenvalue weighted by Crippen LogP contribution is -2.51. The molecular formula is C31H50NO2P. The van der Waals surface area contributed by atoms with E-state index < -0.39 is 8.53 Å². The van der Waals surface area contributed by atoms with Crippen molar-refractivity contribution in [2.75, 3.05) is 0 Å². The average Bonchev–Trinajstić information content (AvgIpc) is 2.70. The van der Waals surface area contributed by atoms with Crippen LogP contribution >= 0.6 is 8.53 Å². The van der Waals surface area contributed by atoms with Crippen molar-refractivity contribution in [2.45, 2.75) is 126 Å². The number of allylic oxidation sites excluding steroid dienone is 2. The zero-order chi connectivity index (χ0) is 26.3. The normalized spacial score (nSPS) is 23.5. The molecule has 3 atom stereocenters. The van der Waals surface area contributed by atoms with Gasteiger partial charge in [0.15, 0.2) is 0 Å². The maximum atomic E-state index is 7.27. The lowest BCUT2D eigenvalue weighted by molar-refractivity contribution is 0.0650. The summed E-state index contributed by atoms with van der Waals surface area (Å²) < 4.78 is 16.9. The van der Waals surface area contributed by atoms with Crippen LogP contribution < -0.4 is 4.52 Å². The molecule has 0 saturated carbocycles. The van der Waals surface area contributed by atoms with Crippen LogP contribution in [0.15, 0.2) is 35.4 Å². The van der Waals surface area contributed by atoms with Gasteiger partial charge in [-0.05, 0) is 88.5 Å². The molecule has 3 nitrogen and oxygen atoms in total. The summed E-state index contributed by atoms with van der Waals surface area (Å²) in [4.78, 5) is 0. The molecule has 3 rings (SSSR count). The Morgan fingerprint density at radius 3 is 1.91 bits per heavy atom. The Labute approximate surface area is 217 Å². The molecule has 2 aliphatic rings. The second kappa shape index (κ2) is 10.3. The summed E-state index contributed by atoms with van der Waals surface area (Å²) in [6.45, 7) is 27.5. The van der Waals surface area contributed by atoms with Crippen LogP contribution in [0.25, 0.3) is 0 Å². The van der Waals surface area contributed by atoms with Crippen molar-refractivity contribution >= 4 is 8.53 Å². The van der Waals surface area contributed by atoms with Crippen LogP contribution in [-0.2, 0) is 23.8 Å². The minimum atomic E-state index is -1.36. The van der Waals surface area contributed by atoms with E-state index in [1.165, 1.54) is 27.8 Å². The van der Waals surface area contributed by atoms with Gasteiger partial charge >= 0.3 is 8.53 Å². The van der Waals surface area contributed by atoms with Gasteiger partial charge in [0, 0.05) is 29.0 Å². The van der Waals surface area contributed by atoms with Crippen molar-refractivity contribution < 1.29 is 9.05 Å². The molecule has 0 N–H and O–H groups in total. The highest BCUT2D eigenvalue weighted by molar-refractivity contribution is 7.45. The molecule has 1 aromatic rings. The maximum Gasteiger partial charge on any atom is 0.322 e. The molecular weight excluding hydrogens is 449 g/mol. The SMILES string of the molecule is CCC1=C2Cc3c(CC)ccc(CC)c3OP(N(C(C)(C)C)C(C)(C)C)OC2C(C(C)(C)C)C=C1. The van der Waals surface area contributed by atoms with Gasteiger partial charge in [-0.25, -0.2) is 4.67 Å². The highest BCUT2D eigenvalue weighted by Gasteiger charge is 2.47. The van der Waals surface area contributed by atoms with E-state index >= 15 is 0 Å². The summed E-state index contributed by atoms with van der Waals surface area (Å²) in [6, 6.07) is 4.61. The third-order valence-corrected chi connectivity index (χ3v) is 9.62. The molecule has 0 bridgehead atoms. The first-order valence-corrected chi connectivity index (χ1v) is 14.7. The average molecular weight is 500 g/mol. The lowest BCUT2D eigenvalue weighted by Gasteiger charge is -2.50. The smallest absolute Gasteiger partial charge is 0.322 e. The Bertz CT molecular complexity index is 957. The summed E-state index contributed by atoms with van der Waals surface area (Å²) in [7, 11) is -1.36. The summed E-state index contributed by atoms with van der Waals surface area (Å²) in [5.41, 5.74) is 6.80. The molecule has 3 unspecified atom stereocenters. The Morgan fingerprint density at radius 2 is 1.43 bits per heavy atom. The first-order chi connectivity index (χ1) is 16.1. The summed E-state index contributed by atoms with van der Waals surface area (Å²) in [5.74, 6) is 1.36. The van der Waals surface area contributed by atoms with E-state index in [0.717, 1.165) is 31.4 Å². The summed E-state index contributed by atoms with van der Waals surface area (Å²) in [6.07, 6.45) is 8.69. The molecule has 1 heterocycles. The van der Waals surface area contributed by atoms with Gasteiger partial charge in [0.2, 0.25) is 0 Å². The van der Waals surface area contributed by atoms with Crippen molar-refractivity contribution in [1.82, 2.24) is 4.67 Å². The van der Waals surface area contributed by atoms with E-state index in [9.17, 15) is 0 Å². The number of hydrogen-bond acceptors (Lipinski definition) is 3. The second-order valence-electron chi connectivity index (χ2n) is 13.2. The summed E-state index contributed by atoms with van der Waals surface area (Å²) in [5, 5.41) is 0. The number of rotatable bonds is 4. The monoisotopic (exact) mass is 499 g/mol. The van der Waals surface area contributed by atoms with E-state index in [-0.39, 0.29) is 22.6 Å². The van der Waals surface area contributed by atoms with Gasteiger partial charge in [0.05, 0.1) is 6.10 Å². The van der Waals surface area contributed by atoms with Crippen molar-refractivity contribution in [3.05, 3.63) is 52.1 Å². The van der Waals surface area contributed by atoms with E-state index in [2.05, 4.69) is 112 Å². The highest BCUT2D eigenvalue weighted by Crippen LogP contribution is 2.58. The molecule has 0 saturated heterocycles. The van der Waals surface area contributed by atoms with Gasteiger partial charge in [-0.1, -0.05) is 65.8 Å². The Balaban J connectivity index is 2.34. The van der Waals surface area contributed by atoms with Crippen molar-refractivity contribution in [1.29, 1.82) is 0 Å². The van der Waals surface area contributed by atoms with Crippen molar-refractivity contribution in [3.8, 4) is 5.75 Å². The van der Waals surface area contributed by atoms with Crippen LogP contribution in [-0.4, -0.2) is 21.9 Å². The van der Waals surface area contributed by atoms with Crippen LogP contribution in [0.1, 0.15) is 106 Å². The van der Waals surface area contributed by atoms with Crippen LogP contribution in [0.4, 0.5) is 0 Å². The quantitative estimate of drug-likeness (QED) is 0.385. The number of fused-ring (bicyclic) bond motifs is 2. The van der Waals surface area contributed by atoms with Crippen molar-refractivity contribution in [3.63, 3.8) is 0 Å².